The zero-order valence-electron chi connectivity index (χ0n) is 12.1. The van der Waals surface area contributed by atoms with E-state index < -0.39 is 12.2 Å². The van der Waals surface area contributed by atoms with Gasteiger partial charge in [-0.15, -0.1) is 0 Å². The molecule has 0 aromatic heterocycles. The quantitative estimate of drug-likeness (QED) is 0.791. The summed E-state index contributed by atoms with van der Waals surface area (Å²) in [5.41, 5.74) is 1.02. The summed E-state index contributed by atoms with van der Waals surface area (Å²) in [6.45, 7) is 4.54. The van der Waals surface area contributed by atoms with Crippen LogP contribution in [0.4, 0.5) is 21.0 Å². The van der Waals surface area contributed by atoms with Gasteiger partial charge in [0.25, 0.3) is 0 Å². The molecule has 0 aliphatic heterocycles. The van der Waals surface area contributed by atoms with Crippen LogP contribution in [-0.2, 0) is 9.47 Å². The lowest BCUT2D eigenvalue weighted by molar-refractivity contribution is 0.161. The van der Waals surface area contributed by atoms with Gasteiger partial charge in [-0.3, -0.25) is 10.6 Å². The van der Waals surface area contributed by atoms with Crippen molar-refractivity contribution >= 4 is 39.5 Å². The first-order valence-corrected chi connectivity index (χ1v) is 7.52. The van der Waals surface area contributed by atoms with E-state index in [1.54, 1.807) is 18.2 Å². The lowest BCUT2D eigenvalue weighted by Crippen LogP contribution is -2.16. The van der Waals surface area contributed by atoms with Crippen LogP contribution in [0.3, 0.4) is 0 Å². The number of hydrogen-bond donors (Lipinski definition) is 2. The van der Waals surface area contributed by atoms with Crippen molar-refractivity contribution in [1.29, 1.82) is 0 Å². The lowest BCUT2D eigenvalue weighted by atomic mass is 10.3. The summed E-state index contributed by atoms with van der Waals surface area (Å²) < 4.78 is 10.6. The average molecular weight is 359 g/mol. The first kappa shape index (κ1) is 17.3. The number of rotatable bonds is 6. The van der Waals surface area contributed by atoms with E-state index in [0.717, 1.165) is 12.8 Å². The van der Waals surface area contributed by atoms with Gasteiger partial charge in [-0.05, 0) is 31.0 Å². The molecule has 7 heteroatoms. The van der Waals surface area contributed by atoms with Gasteiger partial charge in [0.2, 0.25) is 0 Å². The van der Waals surface area contributed by atoms with Crippen LogP contribution < -0.4 is 10.6 Å². The molecule has 0 saturated heterocycles. The number of nitrogens with one attached hydrogen (secondary N) is 2. The van der Waals surface area contributed by atoms with Crippen LogP contribution in [-0.4, -0.2) is 25.4 Å². The molecule has 0 spiro atoms. The molecule has 1 rings (SSSR count). The molecule has 0 unspecified atom stereocenters. The third kappa shape index (κ3) is 6.99. The molecule has 2 N–H and O–H groups in total. The Balaban J connectivity index is 2.66. The molecule has 0 heterocycles. The smallest absolute Gasteiger partial charge is 0.411 e. The summed E-state index contributed by atoms with van der Waals surface area (Å²) in [5, 5.41) is 5.18. The van der Waals surface area contributed by atoms with Crippen LogP contribution in [0.1, 0.15) is 26.7 Å². The van der Waals surface area contributed by atoms with E-state index in [1.165, 1.54) is 0 Å². The second-order valence-electron chi connectivity index (χ2n) is 4.25. The Bertz CT molecular complexity index is 454. The van der Waals surface area contributed by atoms with Crippen LogP contribution in [0.2, 0.25) is 0 Å². The number of hydrogen-bond acceptors (Lipinski definition) is 4. The Hall–Kier alpha value is -1.76. The van der Waals surface area contributed by atoms with Gasteiger partial charge in [0.15, 0.2) is 0 Å². The van der Waals surface area contributed by atoms with Gasteiger partial charge in [-0.25, -0.2) is 9.59 Å². The number of halogens is 1. The third-order valence-electron chi connectivity index (χ3n) is 2.27. The summed E-state index contributed by atoms with van der Waals surface area (Å²) in [5.74, 6) is 0. The van der Waals surface area contributed by atoms with Crippen LogP contribution in [0.5, 0.6) is 0 Å². The van der Waals surface area contributed by atoms with Gasteiger partial charge in [-0.1, -0.05) is 29.8 Å². The molecule has 0 saturated carbocycles. The maximum Gasteiger partial charge on any atom is 0.411 e. The van der Waals surface area contributed by atoms with Crippen LogP contribution in [0, 0.1) is 0 Å². The molecule has 0 atom stereocenters. The number of carbonyl (C=O) groups excluding carboxylic acids is 2. The maximum atomic E-state index is 11.5. The fraction of sp³-hybridized carbons (Fsp3) is 0.429. The molecule has 21 heavy (non-hydrogen) atoms. The Labute approximate surface area is 132 Å². The molecule has 116 valence electrons. The Morgan fingerprint density at radius 3 is 1.76 bits per heavy atom. The maximum absolute atomic E-state index is 11.5. The largest absolute Gasteiger partial charge is 0.449 e. The van der Waals surface area contributed by atoms with E-state index in [4.69, 9.17) is 9.47 Å². The van der Waals surface area contributed by atoms with Gasteiger partial charge < -0.3 is 9.47 Å². The highest BCUT2D eigenvalue weighted by atomic mass is 79.9. The second kappa shape index (κ2) is 9.23. The minimum Gasteiger partial charge on any atom is -0.449 e. The van der Waals surface area contributed by atoms with Crippen molar-refractivity contribution in [2.45, 2.75) is 26.7 Å². The van der Waals surface area contributed by atoms with Gasteiger partial charge >= 0.3 is 12.2 Å². The summed E-state index contributed by atoms with van der Waals surface area (Å²) in [4.78, 5) is 23.0. The SMILES string of the molecule is CCCOC(=O)Nc1cc(Br)cc(NC(=O)OCCC)c1. The number of anilines is 2. The highest BCUT2D eigenvalue weighted by Gasteiger charge is 2.08. The fourth-order valence-electron chi connectivity index (χ4n) is 1.43. The molecule has 1 aromatic rings. The van der Waals surface area contributed by atoms with E-state index in [0.29, 0.717) is 29.1 Å². The summed E-state index contributed by atoms with van der Waals surface area (Å²) in [6.07, 6.45) is 0.438. The molecule has 0 radical (unpaired) electrons. The van der Waals surface area contributed by atoms with Crippen molar-refractivity contribution in [3.63, 3.8) is 0 Å². The summed E-state index contributed by atoms with van der Waals surface area (Å²) in [7, 11) is 0. The van der Waals surface area contributed by atoms with Crippen molar-refractivity contribution in [1.82, 2.24) is 0 Å². The first-order valence-electron chi connectivity index (χ1n) is 6.73. The predicted octanol–water partition coefficient (Wildman–Crippen LogP) is 4.37. The van der Waals surface area contributed by atoms with Gasteiger partial charge in [0, 0.05) is 15.8 Å². The van der Waals surface area contributed by atoms with E-state index >= 15 is 0 Å². The lowest BCUT2D eigenvalue weighted by Gasteiger charge is -2.10. The highest BCUT2D eigenvalue weighted by Crippen LogP contribution is 2.23. The molecule has 2 amide bonds. The number of ether oxygens (including phenoxy) is 2. The summed E-state index contributed by atoms with van der Waals surface area (Å²) >= 11 is 3.31. The minimum atomic E-state index is -0.533. The number of amides is 2. The zero-order chi connectivity index (χ0) is 15.7. The highest BCUT2D eigenvalue weighted by molar-refractivity contribution is 9.10. The van der Waals surface area contributed by atoms with E-state index in [2.05, 4.69) is 26.6 Å². The Kier molecular flexibility index (Phi) is 7.60. The number of benzene rings is 1. The van der Waals surface area contributed by atoms with Crippen LogP contribution in [0.15, 0.2) is 22.7 Å². The van der Waals surface area contributed by atoms with Crippen molar-refractivity contribution in [3.8, 4) is 0 Å². The average Bonchev–Trinajstić information content (AvgIpc) is 2.42. The summed E-state index contributed by atoms with van der Waals surface area (Å²) in [6, 6.07) is 5.02. The zero-order valence-corrected chi connectivity index (χ0v) is 13.7. The standard InChI is InChI=1S/C14H19BrN2O4/c1-3-5-20-13(18)16-11-7-10(15)8-12(9-11)17-14(19)21-6-4-2/h7-9H,3-6H2,1-2H3,(H,16,18)(H,17,19). The first-order chi connectivity index (χ1) is 10.0. The van der Waals surface area contributed by atoms with Crippen molar-refractivity contribution in [2.24, 2.45) is 0 Å². The van der Waals surface area contributed by atoms with Crippen LogP contribution in [0.25, 0.3) is 0 Å². The van der Waals surface area contributed by atoms with E-state index in [-0.39, 0.29) is 0 Å². The van der Waals surface area contributed by atoms with Crippen molar-refractivity contribution in [3.05, 3.63) is 22.7 Å². The Morgan fingerprint density at radius 2 is 1.38 bits per heavy atom. The van der Waals surface area contributed by atoms with Gasteiger partial charge in [-0.2, -0.15) is 0 Å². The number of carbonyl (C=O) groups is 2. The topological polar surface area (TPSA) is 76.7 Å². The van der Waals surface area contributed by atoms with Gasteiger partial charge in [0.1, 0.15) is 0 Å². The molecular formula is C14H19BrN2O4. The van der Waals surface area contributed by atoms with Crippen LogP contribution >= 0.6 is 15.9 Å². The normalized spacial score (nSPS) is 9.86. The molecular weight excluding hydrogens is 340 g/mol. The van der Waals surface area contributed by atoms with Crippen molar-refractivity contribution in [2.75, 3.05) is 23.8 Å². The van der Waals surface area contributed by atoms with Gasteiger partial charge in [0.05, 0.1) is 13.2 Å². The fourth-order valence-corrected chi connectivity index (χ4v) is 1.92. The molecule has 0 fully saturated rings. The van der Waals surface area contributed by atoms with Crippen molar-refractivity contribution < 1.29 is 19.1 Å². The van der Waals surface area contributed by atoms with E-state index in [1.807, 2.05) is 13.8 Å². The molecule has 0 aliphatic rings. The monoisotopic (exact) mass is 358 g/mol. The molecule has 0 aliphatic carbocycles. The minimum absolute atomic E-state index is 0.355. The molecule has 1 aromatic carbocycles. The Morgan fingerprint density at radius 1 is 0.952 bits per heavy atom. The second-order valence-corrected chi connectivity index (χ2v) is 5.17. The third-order valence-corrected chi connectivity index (χ3v) is 2.72. The van der Waals surface area contributed by atoms with E-state index in [9.17, 15) is 9.59 Å². The predicted molar refractivity (Wildman–Crippen MR) is 84.7 cm³/mol. The molecule has 6 nitrogen and oxygen atoms in total. The molecule has 0 bridgehead atoms.